The van der Waals surface area contributed by atoms with Gasteiger partial charge in [-0.15, -0.1) is 0 Å². The third-order valence-corrected chi connectivity index (χ3v) is 4.06. The van der Waals surface area contributed by atoms with Crippen LogP contribution < -0.4 is 10.1 Å². The van der Waals surface area contributed by atoms with E-state index in [1.165, 1.54) is 6.08 Å². The second kappa shape index (κ2) is 11.6. The molecular weight excluding hydrogens is 354 g/mol. The number of carbonyl (C=O) groups excluding carboxylic acids is 2. The number of ether oxygens (including phenoxy) is 2. The fourth-order valence-electron chi connectivity index (χ4n) is 2.72. The molecule has 0 aliphatic carbocycles. The summed E-state index contributed by atoms with van der Waals surface area (Å²) in [5, 5.41) is 2.93. The van der Waals surface area contributed by atoms with Crippen molar-refractivity contribution in [3.8, 4) is 5.75 Å². The van der Waals surface area contributed by atoms with Gasteiger partial charge in [-0.3, -0.25) is 4.79 Å². The SMILES string of the molecule is CCC[C@@H](NC(=O)COC(=O)/C=C/c1ccc(OCC)cc1)c1ccccc1. The van der Waals surface area contributed by atoms with Crippen LogP contribution in [0.25, 0.3) is 6.08 Å². The number of nitrogens with one attached hydrogen (secondary N) is 1. The number of carbonyl (C=O) groups is 2. The molecule has 2 aromatic rings. The van der Waals surface area contributed by atoms with Gasteiger partial charge >= 0.3 is 5.97 Å². The summed E-state index contributed by atoms with van der Waals surface area (Å²) < 4.78 is 10.4. The summed E-state index contributed by atoms with van der Waals surface area (Å²) in [4.78, 5) is 24.0. The Balaban J connectivity index is 1.81. The second-order valence-electron chi connectivity index (χ2n) is 6.26. The minimum atomic E-state index is -0.559. The molecule has 0 radical (unpaired) electrons. The Labute approximate surface area is 166 Å². The molecule has 5 heteroatoms. The first-order valence-corrected chi connectivity index (χ1v) is 9.54. The maximum atomic E-state index is 12.2. The first-order chi connectivity index (χ1) is 13.6. The highest BCUT2D eigenvalue weighted by Gasteiger charge is 2.14. The van der Waals surface area contributed by atoms with Gasteiger partial charge in [0.2, 0.25) is 0 Å². The first kappa shape index (κ1) is 21.2. The zero-order valence-corrected chi connectivity index (χ0v) is 16.4. The third kappa shape index (κ3) is 7.27. The Morgan fingerprint density at radius 1 is 1.04 bits per heavy atom. The highest BCUT2D eigenvalue weighted by atomic mass is 16.5. The topological polar surface area (TPSA) is 64.6 Å². The molecule has 0 aliphatic heterocycles. The summed E-state index contributed by atoms with van der Waals surface area (Å²) in [5.41, 5.74) is 1.89. The number of benzene rings is 2. The molecule has 0 aliphatic rings. The van der Waals surface area contributed by atoms with Gasteiger partial charge in [-0.25, -0.2) is 4.79 Å². The second-order valence-corrected chi connectivity index (χ2v) is 6.26. The summed E-state index contributed by atoms with van der Waals surface area (Å²) in [6.07, 6.45) is 4.70. The monoisotopic (exact) mass is 381 g/mol. The molecule has 0 saturated carbocycles. The van der Waals surface area contributed by atoms with Crippen molar-refractivity contribution in [3.63, 3.8) is 0 Å². The molecule has 28 heavy (non-hydrogen) atoms. The molecule has 0 aromatic heterocycles. The predicted octanol–water partition coefficient (Wildman–Crippen LogP) is 4.30. The molecule has 5 nitrogen and oxygen atoms in total. The van der Waals surface area contributed by atoms with Crippen LogP contribution in [-0.2, 0) is 14.3 Å². The lowest BCUT2D eigenvalue weighted by Gasteiger charge is -2.18. The van der Waals surface area contributed by atoms with Gasteiger partial charge < -0.3 is 14.8 Å². The first-order valence-electron chi connectivity index (χ1n) is 9.54. The Bertz CT molecular complexity index is 769. The molecule has 0 bridgehead atoms. The van der Waals surface area contributed by atoms with Gasteiger partial charge in [0.1, 0.15) is 5.75 Å². The fourth-order valence-corrected chi connectivity index (χ4v) is 2.72. The zero-order valence-electron chi connectivity index (χ0n) is 16.4. The minimum absolute atomic E-state index is 0.0863. The maximum Gasteiger partial charge on any atom is 0.331 e. The molecule has 0 heterocycles. The maximum absolute atomic E-state index is 12.2. The van der Waals surface area contributed by atoms with Crippen molar-refractivity contribution in [3.05, 3.63) is 71.8 Å². The molecule has 2 aromatic carbocycles. The van der Waals surface area contributed by atoms with Crippen LogP contribution in [0.4, 0.5) is 0 Å². The van der Waals surface area contributed by atoms with E-state index in [-0.39, 0.29) is 18.6 Å². The van der Waals surface area contributed by atoms with E-state index in [0.29, 0.717) is 6.61 Å². The molecular formula is C23H27NO4. The van der Waals surface area contributed by atoms with Crippen LogP contribution in [-0.4, -0.2) is 25.1 Å². The Kier molecular flexibility index (Phi) is 8.79. The molecule has 0 fully saturated rings. The van der Waals surface area contributed by atoms with Crippen molar-refractivity contribution in [2.75, 3.05) is 13.2 Å². The van der Waals surface area contributed by atoms with Crippen LogP contribution >= 0.6 is 0 Å². The van der Waals surface area contributed by atoms with Crippen LogP contribution in [0.5, 0.6) is 5.75 Å². The number of rotatable bonds is 10. The van der Waals surface area contributed by atoms with Gasteiger partial charge in [0.25, 0.3) is 5.91 Å². The van der Waals surface area contributed by atoms with Crippen LogP contribution in [0.1, 0.15) is 43.9 Å². The molecule has 2 rings (SSSR count). The molecule has 1 N–H and O–H groups in total. The summed E-state index contributed by atoms with van der Waals surface area (Å²) >= 11 is 0. The van der Waals surface area contributed by atoms with E-state index in [0.717, 1.165) is 29.7 Å². The standard InChI is InChI=1S/C23H27NO4/c1-3-8-21(19-9-6-5-7-10-19)24-22(25)17-28-23(26)16-13-18-11-14-20(15-12-18)27-4-2/h5-7,9-16,21H,3-4,8,17H2,1-2H3,(H,24,25)/b16-13+/t21-/m1/s1. The lowest BCUT2D eigenvalue weighted by atomic mass is 10.0. The van der Waals surface area contributed by atoms with Crippen molar-refractivity contribution < 1.29 is 19.1 Å². The van der Waals surface area contributed by atoms with E-state index in [4.69, 9.17) is 9.47 Å². The Hall–Kier alpha value is -3.08. The van der Waals surface area contributed by atoms with Gasteiger partial charge in [-0.05, 0) is 42.7 Å². The zero-order chi connectivity index (χ0) is 20.2. The number of amides is 1. The van der Waals surface area contributed by atoms with Gasteiger partial charge in [-0.2, -0.15) is 0 Å². The quantitative estimate of drug-likeness (QED) is 0.492. The van der Waals surface area contributed by atoms with Crippen LogP contribution in [0.3, 0.4) is 0 Å². The van der Waals surface area contributed by atoms with E-state index >= 15 is 0 Å². The predicted molar refractivity (Wildman–Crippen MR) is 110 cm³/mol. The van der Waals surface area contributed by atoms with E-state index in [1.54, 1.807) is 6.08 Å². The van der Waals surface area contributed by atoms with Crippen molar-refractivity contribution in [2.24, 2.45) is 0 Å². The summed E-state index contributed by atoms with van der Waals surface area (Å²) in [6.45, 7) is 4.28. The lowest BCUT2D eigenvalue weighted by molar-refractivity contribution is -0.144. The summed E-state index contributed by atoms with van der Waals surface area (Å²) in [7, 11) is 0. The van der Waals surface area contributed by atoms with Gasteiger partial charge in [0.05, 0.1) is 12.6 Å². The van der Waals surface area contributed by atoms with Crippen molar-refractivity contribution >= 4 is 18.0 Å². The van der Waals surface area contributed by atoms with Crippen molar-refractivity contribution in [2.45, 2.75) is 32.7 Å². The third-order valence-electron chi connectivity index (χ3n) is 4.06. The van der Waals surface area contributed by atoms with E-state index in [2.05, 4.69) is 12.2 Å². The molecule has 1 amide bonds. The highest BCUT2D eigenvalue weighted by molar-refractivity contribution is 5.89. The molecule has 1 atom stereocenters. The number of hydrogen-bond donors (Lipinski definition) is 1. The van der Waals surface area contributed by atoms with Gasteiger partial charge in [0, 0.05) is 6.08 Å². The molecule has 0 spiro atoms. The van der Waals surface area contributed by atoms with Crippen LogP contribution in [0.2, 0.25) is 0 Å². The summed E-state index contributed by atoms with van der Waals surface area (Å²) in [6, 6.07) is 17.0. The highest BCUT2D eigenvalue weighted by Crippen LogP contribution is 2.18. The normalized spacial score (nSPS) is 11.8. The number of esters is 1. The average molecular weight is 381 g/mol. The van der Waals surface area contributed by atoms with Crippen molar-refractivity contribution in [1.29, 1.82) is 0 Å². The van der Waals surface area contributed by atoms with Gasteiger partial charge in [0.15, 0.2) is 6.61 Å². The van der Waals surface area contributed by atoms with Crippen molar-refractivity contribution in [1.82, 2.24) is 5.32 Å². The van der Waals surface area contributed by atoms with E-state index in [9.17, 15) is 9.59 Å². The fraction of sp³-hybridized carbons (Fsp3) is 0.304. The van der Waals surface area contributed by atoms with Crippen LogP contribution in [0, 0.1) is 0 Å². The number of hydrogen-bond acceptors (Lipinski definition) is 4. The van der Waals surface area contributed by atoms with E-state index < -0.39 is 5.97 Å². The largest absolute Gasteiger partial charge is 0.494 e. The minimum Gasteiger partial charge on any atom is -0.494 e. The molecule has 148 valence electrons. The smallest absolute Gasteiger partial charge is 0.331 e. The Morgan fingerprint density at radius 3 is 2.39 bits per heavy atom. The Morgan fingerprint density at radius 2 is 1.75 bits per heavy atom. The van der Waals surface area contributed by atoms with Crippen LogP contribution in [0.15, 0.2) is 60.7 Å². The summed E-state index contributed by atoms with van der Waals surface area (Å²) in [5.74, 6) is -0.0974. The van der Waals surface area contributed by atoms with Gasteiger partial charge in [-0.1, -0.05) is 55.8 Å². The molecule has 0 unspecified atom stereocenters. The lowest BCUT2D eigenvalue weighted by Crippen LogP contribution is -2.32. The molecule has 0 saturated heterocycles. The van der Waals surface area contributed by atoms with E-state index in [1.807, 2.05) is 61.5 Å². The average Bonchev–Trinajstić information content (AvgIpc) is 2.72.